The van der Waals surface area contributed by atoms with Crippen molar-refractivity contribution in [3.05, 3.63) is 34.1 Å². The minimum absolute atomic E-state index is 0. The molecule has 86 valence electrons. The number of nitrogens with two attached hydrogens (primary N) is 1. The Balaban J connectivity index is 0.00000196. The van der Waals surface area contributed by atoms with Crippen LogP contribution in [-0.2, 0) is 0 Å². The fourth-order valence-corrected chi connectivity index (χ4v) is 1.63. The minimum atomic E-state index is -0.248. The average Bonchev–Trinajstić information content (AvgIpc) is 2.08. The molecule has 0 saturated carbocycles. The highest BCUT2D eigenvalue weighted by atomic mass is 79.9. The van der Waals surface area contributed by atoms with Gasteiger partial charge in [-0.1, -0.05) is 19.9 Å². The maximum absolute atomic E-state index is 13.2. The maximum Gasteiger partial charge on any atom is 0.137 e. The van der Waals surface area contributed by atoms with Crippen LogP contribution < -0.4 is 5.73 Å². The average molecular weight is 297 g/mol. The smallest absolute Gasteiger partial charge is 0.137 e. The van der Waals surface area contributed by atoms with E-state index in [1.807, 2.05) is 6.07 Å². The van der Waals surface area contributed by atoms with E-state index in [0.29, 0.717) is 10.4 Å². The second-order valence-electron chi connectivity index (χ2n) is 3.91. The zero-order valence-corrected chi connectivity index (χ0v) is 11.2. The van der Waals surface area contributed by atoms with Crippen molar-refractivity contribution >= 4 is 28.3 Å². The molecule has 0 fully saturated rings. The van der Waals surface area contributed by atoms with E-state index in [2.05, 4.69) is 29.8 Å². The van der Waals surface area contributed by atoms with Crippen molar-refractivity contribution in [2.75, 3.05) is 0 Å². The van der Waals surface area contributed by atoms with Gasteiger partial charge >= 0.3 is 0 Å². The lowest BCUT2D eigenvalue weighted by Gasteiger charge is -2.14. The van der Waals surface area contributed by atoms with Gasteiger partial charge in [-0.05, 0) is 46.0 Å². The number of hydrogen-bond acceptors (Lipinski definition) is 1. The Bertz CT molecular complexity index is 317. The second kappa shape index (κ2) is 6.46. The zero-order valence-electron chi connectivity index (χ0n) is 8.84. The van der Waals surface area contributed by atoms with Crippen LogP contribution >= 0.6 is 28.3 Å². The van der Waals surface area contributed by atoms with Crippen LogP contribution in [0.15, 0.2) is 22.7 Å². The quantitative estimate of drug-likeness (QED) is 0.894. The summed E-state index contributed by atoms with van der Waals surface area (Å²) in [5.74, 6) is 0.276. The third-order valence-electron chi connectivity index (χ3n) is 2.10. The van der Waals surface area contributed by atoms with Crippen LogP contribution in [0.4, 0.5) is 4.39 Å². The molecule has 2 N–H and O–H groups in total. The van der Waals surface area contributed by atoms with E-state index in [1.165, 1.54) is 6.07 Å². The monoisotopic (exact) mass is 295 g/mol. The fraction of sp³-hybridized carbons (Fsp3) is 0.455. The SMILES string of the molecule is CC(C)C[C@H](N)c1ccc(Br)c(F)c1.Cl. The summed E-state index contributed by atoms with van der Waals surface area (Å²) in [4.78, 5) is 0. The summed E-state index contributed by atoms with van der Waals surface area (Å²) in [6.45, 7) is 4.21. The molecule has 0 unspecified atom stereocenters. The van der Waals surface area contributed by atoms with Gasteiger partial charge in [-0.25, -0.2) is 4.39 Å². The molecular weight excluding hydrogens is 280 g/mol. The molecule has 4 heteroatoms. The Morgan fingerprint density at radius 1 is 1.40 bits per heavy atom. The molecule has 15 heavy (non-hydrogen) atoms. The largest absolute Gasteiger partial charge is 0.324 e. The third kappa shape index (κ3) is 4.49. The van der Waals surface area contributed by atoms with Crippen LogP contribution in [0.3, 0.4) is 0 Å². The standard InChI is InChI=1S/C11H15BrFN.ClH/c1-7(2)5-11(14)8-3-4-9(12)10(13)6-8;/h3-4,6-7,11H,5,14H2,1-2H3;1H/t11-;/m0./s1. The topological polar surface area (TPSA) is 26.0 Å². The van der Waals surface area contributed by atoms with Crippen molar-refractivity contribution in [3.8, 4) is 0 Å². The Labute approximate surface area is 105 Å². The van der Waals surface area contributed by atoms with Gasteiger partial charge in [0.05, 0.1) is 4.47 Å². The van der Waals surface area contributed by atoms with Crippen molar-refractivity contribution in [1.29, 1.82) is 0 Å². The molecule has 0 bridgehead atoms. The van der Waals surface area contributed by atoms with Gasteiger partial charge < -0.3 is 5.73 Å². The van der Waals surface area contributed by atoms with Crippen LogP contribution in [-0.4, -0.2) is 0 Å². The number of benzene rings is 1. The summed E-state index contributed by atoms with van der Waals surface area (Å²) in [7, 11) is 0. The first kappa shape index (κ1) is 14.9. The van der Waals surface area contributed by atoms with Gasteiger partial charge in [0.15, 0.2) is 0 Å². The summed E-state index contributed by atoms with van der Waals surface area (Å²) in [5, 5.41) is 0. The van der Waals surface area contributed by atoms with Crippen molar-refractivity contribution in [2.24, 2.45) is 11.7 Å². The van der Waals surface area contributed by atoms with E-state index in [4.69, 9.17) is 5.73 Å². The number of rotatable bonds is 3. The molecule has 0 amide bonds. The molecule has 0 heterocycles. The summed E-state index contributed by atoms with van der Waals surface area (Å²) in [5.41, 5.74) is 6.79. The third-order valence-corrected chi connectivity index (χ3v) is 2.74. The van der Waals surface area contributed by atoms with Crippen LogP contribution in [0.1, 0.15) is 31.9 Å². The molecular formula is C11H16BrClFN. The van der Waals surface area contributed by atoms with Gasteiger partial charge in [0.25, 0.3) is 0 Å². The predicted molar refractivity (Wildman–Crippen MR) is 67.7 cm³/mol. The Hall–Kier alpha value is -0.120. The predicted octanol–water partition coefficient (Wildman–Crippen LogP) is 4.06. The molecule has 0 aliphatic heterocycles. The highest BCUT2D eigenvalue weighted by molar-refractivity contribution is 9.10. The molecule has 1 aromatic rings. The molecule has 0 saturated heterocycles. The molecule has 0 spiro atoms. The lowest BCUT2D eigenvalue weighted by atomic mass is 9.98. The summed E-state index contributed by atoms with van der Waals surface area (Å²) >= 11 is 3.11. The van der Waals surface area contributed by atoms with Gasteiger partial charge in [-0.2, -0.15) is 0 Å². The van der Waals surface area contributed by atoms with Crippen molar-refractivity contribution < 1.29 is 4.39 Å². The van der Waals surface area contributed by atoms with Crippen molar-refractivity contribution in [2.45, 2.75) is 26.3 Å². The molecule has 1 aromatic carbocycles. The lowest BCUT2D eigenvalue weighted by Crippen LogP contribution is -2.13. The lowest BCUT2D eigenvalue weighted by molar-refractivity contribution is 0.507. The second-order valence-corrected chi connectivity index (χ2v) is 4.76. The van der Waals surface area contributed by atoms with Crippen LogP contribution in [0, 0.1) is 11.7 Å². The molecule has 1 rings (SSSR count). The van der Waals surface area contributed by atoms with Crippen molar-refractivity contribution in [3.63, 3.8) is 0 Å². The molecule has 0 aromatic heterocycles. The maximum atomic E-state index is 13.2. The van der Waals surface area contributed by atoms with Gasteiger partial charge in [-0.15, -0.1) is 12.4 Å². The Morgan fingerprint density at radius 3 is 2.47 bits per heavy atom. The molecule has 1 atom stereocenters. The molecule has 0 radical (unpaired) electrons. The van der Waals surface area contributed by atoms with Gasteiger partial charge in [0, 0.05) is 6.04 Å². The van der Waals surface area contributed by atoms with E-state index in [0.717, 1.165) is 12.0 Å². The van der Waals surface area contributed by atoms with Crippen LogP contribution in [0.2, 0.25) is 0 Å². The first-order chi connectivity index (χ1) is 6.50. The first-order valence-electron chi connectivity index (χ1n) is 4.71. The van der Waals surface area contributed by atoms with Crippen LogP contribution in [0.25, 0.3) is 0 Å². The summed E-state index contributed by atoms with van der Waals surface area (Å²) in [6.07, 6.45) is 0.876. The van der Waals surface area contributed by atoms with Gasteiger partial charge in [0.1, 0.15) is 5.82 Å². The fourth-order valence-electron chi connectivity index (χ4n) is 1.39. The van der Waals surface area contributed by atoms with Crippen LogP contribution in [0.5, 0.6) is 0 Å². The molecule has 0 aliphatic rings. The Kier molecular flexibility index (Phi) is 6.41. The number of hydrogen-bond donors (Lipinski definition) is 1. The normalized spacial score (nSPS) is 12.4. The summed E-state index contributed by atoms with van der Waals surface area (Å²) < 4.78 is 13.7. The first-order valence-corrected chi connectivity index (χ1v) is 5.50. The Morgan fingerprint density at radius 2 is 2.00 bits per heavy atom. The van der Waals surface area contributed by atoms with E-state index in [-0.39, 0.29) is 24.3 Å². The number of halogens is 3. The summed E-state index contributed by atoms with van der Waals surface area (Å²) in [6, 6.07) is 4.99. The van der Waals surface area contributed by atoms with E-state index in [9.17, 15) is 4.39 Å². The van der Waals surface area contributed by atoms with Gasteiger partial charge in [0.2, 0.25) is 0 Å². The highest BCUT2D eigenvalue weighted by Crippen LogP contribution is 2.23. The van der Waals surface area contributed by atoms with Gasteiger partial charge in [-0.3, -0.25) is 0 Å². The molecule has 1 nitrogen and oxygen atoms in total. The minimum Gasteiger partial charge on any atom is -0.324 e. The van der Waals surface area contributed by atoms with E-state index in [1.54, 1.807) is 6.07 Å². The van der Waals surface area contributed by atoms with Crippen molar-refractivity contribution in [1.82, 2.24) is 0 Å². The highest BCUT2D eigenvalue weighted by Gasteiger charge is 2.10. The molecule has 0 aliphatic carbocycles. The zero-order chi connectivity index (χ0) is 10.7. The van der Waals surface area contributed by atoms with E-state index < -0.39 is 0 Å². The van der Waals surface area contributed by atoms with E-state index >= 15 is 0 Å².